The summed E-state index contributed by atoms with van der Waals surface area (Å²) in [4.78, 5) is 14.2. The fraction of sp³-hybridized carbons (Fsp3) is 0.929. The molecular weight excluding hydrogens is 244 g/mol. The van der Waals surface area contributed by atoms with E-state index < -0.39 is 0 Å². The Bertz CT molecular complexity index is 253. The zero-order chi connectivity index (χ0) is 14.1. The highest BCUT2D eigenvalue weighted by Crippen LogP contribution is 2.22. The number of nitrogens with zero attached hydrogens (tertiary/aromatic N) is 1. The van der Waals surface area contributed by atoms with Gasteiger partial charge in [-0.15, -0.1) is 0 Å². The minimum atomic E-state index is 0.0958. The van der Waals surface area contributed by atoms with Gasteiger partial charge in [0.25, 0.3) is 0 Å². The highest BCUT2D eigenvalue weighted by molar-refractivity contribution is 5.77. The van der Waals surface area contributed by atoms with E-state index in [1.165, 1.54) is 0 Å². The van der Waals surface area contributed by atoms with E-state index in [2.05, 4.69) is 6.92 Å². The molecule has 1 amide bonds. The maximum atomic E-state index is 12.2. The van der Waals surface area contributed by atoms with E-state index in [0.717, 1.165) is 38.6 Å². The average Bonchev–Trinajstić information content (AvgIpc) is 2.42. The maximum absolute atomic E-state index is 12.2. The number of carbonyl (C=O) groups is 1. The second-order valence-electron chi connectivity index (χ2n) is 5.20. The van der Waals surface area contributed by atoms with E-state index in [1.54, 1.807) is 7.11 Å². The monoisotopic (exact) mass is 272 g/mol. The Morgan fingerprint density at radius 3 is 2.53 bits per heavy atom. The molecule has 0 aromatic rings. The minimum absolute atomic E-state index is 0.0958. The second-order valence-corrected chi connectivity index (χ2v) is 5.20. The molecule has 0 atom stereocenters. The van der Waals surface area contributed by atoms with Gasteiger partial charge in [0.05, 0.1) is 13.2 Å². The third kappa shape index (κ3) is 5.89. The molecule has 0 unspecified atom stereocenters. The first-order valence-corrected chi connectivity index (χ1v) is 7.30. The lowest BCUT2D eigenvalue weighted by Crippen LogP contribution is -2.46. The molecule has 0 spiro atoms. The summed E-state index contributed by atoms with van der Waals surface area (Å²) < 4.78 is 10.2. The zero-order valence-corrected chi connectivity index (χ0v) is 12.3. The summed E-state index contributed by atoms with van der Waals surface area (Å²) in [5.41, 5.74) is 5.92. The quantitative estimate of drug-likeness (QED) is 0.673. The number of hydrogen-bond acceptors (Lipinski definition) is 4. The fourth-order valence-electron chi connectivity index (χ4n) is 2.55. The molecule has 0 aromatic heterocycles. The van der Waals surface area contributed by atoms with Gasteiger partial charge in [-0.2, -0.15) is 0 Å². The van der Waals surface area contributed by atoms with Crippen LogP contribution in [0.15, 0.2) is 0 Å². The third-order valence-corrected chi connectivity index (χ3v) is 3.62. The number of rotatable bonds is 8. The number of methoxy groups -OCH3 is 1. The fourth-order valence-corrected chi connectivity index (χ4v) is 2.55. The summed E-state index contributed by atoms with van der Waals surface area (Å²) in [6, 6.07) is 0.658. The van der Waals surface area contributed by atoms with Crippen LogP contribution >= 0.6 is 0 Å². The first-order valence-electron chi connectivity index (χ1n) is 7.30. The van der Waals surface area contributed by atoms with Crippen LogP contribution in [0.1, 0.15) is 39.0 Å². The van der Waals surface area contributed by atoms with Gasteiger partial charge in [-0.25, -0.2) is 0 Å². The molecule has 0 heterocycles. The van der Waals surface area contributed by atoms with Crippen molar-refractivity contribution in [3.05, 3.63) is 0 Å². The predicted octanol–water partition coefficient (Wildman–Crippen LogP) is 1.16. The van der Waals surface area contributed by atoms with Crippen molar-refractivity contribution in [3.63, 3.8) is 0 Å². The standard InChI is InChI=1S/C14H28N2O3/c1-3-8-16(13-6-4-12(15)5-7-13)14(17)11-19-10-9-18-2/h12-13H,3-11,15H2,1-2H3. The molecule has 2 N–H and O–H groups in total. The molecule has 1 aliphatic rings. The van der Waals surface area contributed by atoms with Gasteiger partial charge in [0.2, 0.25) is 5.91 Å². The van der Waals surface area contributed by atoms with Crippen LogP contribution in [0, 0.1) is 0 Å². The van der Waals surface area contributed by atoms with Gasteiger partial charge in [-0.1, -0.05) is 6.92 Å². The number of hydrogen-bond donors (Lipinski definition) is 1. The number of carbonyl (C=O) groups excluding carboxylic acids is 1. The lowest BCUT2D eigenvalue weighted by atomic mass is 9.90. The molecule has 0 saturated heterocycles. The van der Waals surface area contributed by atoms with Crippen LogP contribution in [-0.2, 0) is 14.3 Å². The first-order chi connectivity index (χ1) is 9.19. The normalized spacial score (nSPS) is 23.3. The van der Waals surface area contributed by atoms with Crippen LogP contribution in [0.5, 0.6) is 0 Å². The summed E-state index contributed by atoms with van der Waals surface area (Å²) in [6.07, 6.45) is 5.05. The van der Waals surface area contributed by atoms with Gasteiger partial charge in [0.15, 0.2) is 0 Å². The lowest BCUT2D eigenvalue weighted by Gasteiger charge is -2.36. The van der Waals surface area contributed by atoms with Gasteiger partial charge in [0.1, 0.15) is 6.61 Å². The number of ether oxygens (including phenoxy) is 2. The minimum Gasteiger partial charge on any atom is -0.382 e. The summed E-state index contributed by atoms with van der Waals surface area (Å²) in [7, 11) is 1.62. The zero-order valence-electron chi connectivity index (χ0n) is 12.3. The van der Waals surface area contributed by atoms with Crippen molar-refractivity contribution in [1.82, 2.24) is 4.90 Å². The van der Waals surface area contributed by atoms with Gasteiger partial charge in [-0.05, 0) is 32.1 Å². The van der Waals surface area contributed by atoms with Crippen molar-refractivity contribution in [2.45, 2.75) is 51.1 Å². The number of amides is 1. The Labute approximate surface area is 116 Å². The molecule has 0 aromatic carbocycles. The highest BCUT2D eigenvalue weighted by Gasteiger charge is 2.26. The van der Waals surface area contributed by atoms with Crippen LogP contribution in [0.2, 0.25) is 0 Å². The van der Waals surface area contributed by atoms with Crippen molar-refractivity contribution in [3.8, 4) is 0 Å². The Balaban J connectivity index is 2.39. The molecular formula is C14H28N2O3. The predicted molar refractivity (Wildman–Crippen MR) is 74.9 cm³/mol. The molecule has 19 heavy (non-hydrogen) atoms. The van der Waals surface area contributed by atoms with Crippen molar-refractivity contribution < 1.29 is 14.3 Å². The molecule has 5 nitrogen and oxygen atoms in total. The van der Waals surface area contributed by atoms with Gasteiger partial charge < -0.3 is 20.1 Å². The van der Waals surface area contributed by atoms with Gasteiger partial charge in [0, 0.05) is 25.7 Å². The van der Waals surface area contributed by atoms with Gasteiger partial charge in [-0.3, -0.25) is 4.79 Å². The smallest absolute Gasteiger partial charge is 0.248 e. The summed E-state index contributed by atoms with van der Waals surface area (Å²) in [6.45, 7) is 4.07. The van der Waals surface area contributed by atoms with E-state index in [0.29, 0.717) is 25.3 Å². The van der Waals surface area contributed by atoms with Gasteiger partial charge >= 0.3 is 0 Å². The Morgan fingerprint density at radius 1 is 1.26 bits per heavy atom. The van der Waals surface area contributed by atoms with Crippen molar-refractivity contribution in [2.75, 3.05) is 33.5 Å². The van der Waals surface area contributed by atoms with Crippen LogP contribution in [-0.4, -0.2) is 56.4 Å². The topological polar surface area (TPSA) is 64.8 Å². The lowest BCUT2D eigenvalue weighted by molar-refractivity contribution is -0.139. The average molecular weight is 272 g/mol. The molecule has 1 aliphatic carbocycles. The van der Waals surface area contributed by atoms with E-state index in [9.17, 15) is 4.79 Å². The van der Waals surface area contributed by atoms with Crippen molar-refractivity contribution in [1.29, 1.82) is 0 Å². The third-order valence-electron chi connectivity index (χ3n) is 3.62. The first kappa shape index (κ1) is 16.4. The molecule has 0 bridgehead atoms. The van der Waals surface area contributed by atoms with Crippen LogP contribution in [0.25, 0.3) is 0 Å². The molecule has 0 radical (unpaired) electrons. The van der Waals surface area contributed by atoms with Crippen LogP contribution < -0.4 is 5.73 Å². The molecule has 1 saturated carbocycles. The largest absolute Gasteiger partial charge is 0.382 e. The van der Waals surface area contributed by atoms with E-state index in [4.69, 9.17) is 15.2 Å². The highest BCUT2D eigenvalue weighted by atomic mass is 16.5. The SMILES string of the molecule is CCCN(C(=O)COCCOC)C1CCC(N)CC1. The van der Waals surface area contributed by atoms with Crippen LogP contribution in [0.3, 0.4) is 0 Å². The molecule has 1 fully saturated rings. The van der Waals surface area contributed by atoms with E-state index in [1.807, 2.05) is 4.90 Å². The summed E-state index contributed by atoms with van der Waals surface area (Å²) in [5, 5.41) is 0. The Morgan fingerprint density at radius 2 is 1.95 bits per heavy atom. The molecule has 1 rings (SSSR count). The Hall–Kier alpha value is -0.650. The molecule has 0 aliphatic heterocycles. The maximum Gasteiger partial charge on any atom is 0.248 e. The summed E-state index contributed by atoms with van der Waals surface area (Å²) in [5.74, 6) is 0.0958. The molecule has 5 heteroatoms. The summed E-state index contributed by atoms with van der Waals surface area (Å²) >= 11 is 0. The van der Waals surface area contributed by atoms with E-state index >= 15 is 0 Å². The second kappa shape index (κ2) is 9.28. The van der Waals surface area contributed by atoms with Crippen molar-refractivity contribution in [2.24, 2.45) is 5.73 Å². The number of nitrogens with two attached hydrogens (primary N) is 1. The van der Waals surface area contributed by atoms with Crippen LogP contribution in [0.4, 0.5) is 0 Å². The molecule has 112 valence electrons. The van der Waals surface area contributed by atoms with Crippen molar-refractivity contribution >= 4 is 5.91 Å². The Kier molecular flexibility index (Phi) is 8.02. The van der Waals surface area contributed by atoms with E-state index in [-0.39, 0.29) is 12.5 Å².